The molecule has 7 heteroatoms. The Morgan fingerprint density at radius 2 is 2.20 bits per heavy atom. The molecule has 0 aliphatic rings. The predicted molar refractivity (Wildman–Crippen MR) is 79.3 cm³/mol. The molecule has 20 heavy (non-hydrogen) atoms. The van der Waals surface area contributed by atoms with Gasteiger partial charge in [0.15, 0.2) is 0 Å². The minimum absolute atomic E-state index is 0.0548. The SMILES string of the molecule is N#Cc1cccc(NCCc2ccc(Cl)s2)c1[N+](=O)[O-]. The highest BCUT2D eigenvalue weighted by atomic mass is 35.5. The number of nitro benzene ring substituents is 1. The van der Waals surface area contributed by atoms with Crippen LogP contribution < -0.4 is 5.32 Å². The molecule has 0 saturated heterocycles. The van der Waals surface area contributed by atoms with Gasteiger partial charge in [0.1, 0.15) is 17.3 Å². The number of nitro groups is 1. The number of nitrogens with zero attached hydrogens (tertiary/aromatic N) is 2. The van der Waals surface area contributed by atoms with E-state index in [9.17, 15) is 10.1 Å². The van der Waals surface area contributed by atoms with Crippen LogP contribution in [-0.4, -0.2) is 11.5 Å². The molecule has 1 aromatic carbocycles. The number of nitriles is 1. The van der Waals surface area contributed by atoms with Crippen molar-refractivity contribution >= 4 is 34.3 Å². The molecule has 1 aromatic heterocycles. The van der Waals surface area contributed by atoms with Crippen molar-refractivity contribution in [3.8, 4) is 6.07 Å². The first-order chi connectivity index (χ1) is 9.61. The van der Waals surface area contributed by atoms with Crippen LogP contribution in [0.25, 0.3) is 0 Å². The molecule has 1 heterocycles. The summed E-state index contributed by atoms with van der Waals surface area (Å²) in [5.74, 6) is 0. The van der Waals surface area contributed by atoms with E-state index in [2.05, 4.69) is 5.32 Å². The fraction of sp³-hybridized carbons (Fsp3) is 0.154. The van der Waals surface area contributed by atoms with E-state index >= 15 is 0 Å². The molecular weight excluding hydrogens is 298 g/mol. The zero-order chi connectivity index (χ0) is 14.5. The number of para-hydroxylation sites is 1. The van der Waals surface area contributed by atoms with E-state index in [1.165, 1.54) is 17.4 Å². The second-order valence-corrected chi connectivity index (χ2v) is 5.75. The highest BCUT2D eigenvalue weighted by molar-refractivity contribution is 7.16. The number of hydrogen-bond acceptors (Lipinski definition) is 5. The molecule has 0 spiro atoms. The normalized spacial score (nSPS) is 10.0. The highest BCUT2D eigenvalue weighted by Gasteiger charge is 2.18. The van der Waals surface area contributed by atoms with Crippen LogP contribution in [0.2, 0.25) is 4.34 Å². The number of thiophene rings is 1. The maximum absolute atomic E-state index is 11.0. The number of hydrogen-bond donors (Lipinski definition) is 1. The lowest BCUT2D eigenvalue weighted by molar-refractivity contribution is -0.384. The molecule has 0 bridgehead atoms. The van der Waals surface area contributed by atoms with Crippen LogP contribution in [0.5, 0.6) is 0 Å². The summed E-state index contributed by atoms with van der Waals surface area (Å²) in [5, 5.41) is 22.9. The average molecular weight is 308 g/mol. The van der Waals surface area contributed by atoms with Gasteiger partial charge in [0, 0.05) is 11.4 Å². The van der Waals surface area contributed by atoms with Gasteiger partial charge in [-0.2, -0.15) is 5.26 Å². The van der Waals surface area contributed by atoms with Gasteiger partial charge >= 0.3 is 5.69 Å². The van der Waals surface area contributed by atoms with E-state index in [1.807, 2.05) is 18.2 Å². The largest absolute Gasteiger partial charge is 0.379 e. The number of halogens is 1. The van der Waals surface area contributed by atoms with Gasteiger partial charge in [-0.05, 0) is 30.7 Å². The summed E-state index contributed by atoms with van der Waals surface area (Å²) in [4.78, 5) is 11.6. The van der Waals surface area contributed by atoms with Crippen LogP contribution in [-0.2, 0) is 6.42 Å². The summed E-state index contributed by atoms with van der Waals surface area (Å²) in [5.41, 5.74) is 0.232. The van der Waals surface area contributed by atoms with Gasteiger partial charge < -0.3 is 5.32 Å². The Bertz CT molecular complexity index is 678. The van der Waals surface area contributed by atoms with Crippen molar-refractivity contribution < 1.29 is 4.92 Å². The van der Waals surface area contributed by atoms with Crippen LogP contribution in [0.1, 0.15) is 10.4 Å². The van der Waals surface area contributed by atoms with Crippen LogP contribution in [0.15, 0.2) is 30.3 Å². The standard InChI is InChI=1S/C13H10ClN3O2S/c14-12-5-4-10(20-12)6-7-16-11-3-1-2-9(8-15)13(11)17(18)19/h1-5,16H,6-7H2. The number of rotatable bonds is 5. The molecule has 0 radical (unpaired) electrons. The first-order valence-corrected chi connectivity index (χ1v) is 6.97. The number of anilines is 1. The molecule has 0 unspecified atom stereocenters. The van der Waals surface area contributed by atoms with Gasteiger partial charge in [-0.15, -0.1) is 11.3 Å². The van der Waals surface area contributed by atoms with Crippen LogP contribution in [0.3, 0.4) is 0 Å². The van der Waals surface area contributed by atoms with E-state index in [1.54, 1.807) is 12.1 Å². The van der Waals surface area contributed by atoms with E-state index in [-0.39, 0.29) is 11.3 Å². The molecular formula is C13H10ClN3O2S. The first-order valence-electron chi connectivity index (χ1n) is 5.77. The lowest BCUT2D eigenvalue weighted by Crippen LogP contribution is -2.07. The van der Waals surface area contributed by atoms with Crippen LogP contribution in [0, 0.1) is 21.4 Å². The lowest BCUT2D eigenvalue weighted by Gasteiger charge is -2.06. The molecule has 0 fully saturated rings. The van der Waals surface area contributed by atoms with Crippen molar-refractivity contribution in [2.24, 2.45) is 0 Å². The third-order valence-electron chi connectivity index (χ3n) is 2.65. The minimum atomic E-state index is -0.539. The fourth-order valence-corrected chi connectivity index (χ4v) is 2.87. The van der Waals surface area contributed by atoms with Crippen molar-refractivity contribution in [1.82, 2.24) is 0 Å². The van der Waals surface area contributed by atoms with Crippen LogP contribution >= 0.6 is 22.9 Å². The summed E-state index contributed by atoms with van der Waals surface area (Å²) in [6.45, 7) is 0.534. The molecule has 0 atom stereocenters. The quantitative estimate of drug-likeness (QED) is 0.672. The summed E-state index contributed by atoms with van der Waals surface area (Å²) in [6, 6.07) is 10.2. The van der Waals surface area contributed by atoms with E-state index in [4.69, 9.17) is 16.9 Å². The topological polar surface area (TPSA) is 79.0 Å². The molecule has 2 aromatic rings. The van der Waals surface area contributed by atoms with Gasteiger partial charge in [0.05, 0.1) is 9.26 Å². The second kappa shape index (κ2) is 6.37. The maximum Gasteiger partial charge on any atom is 0.309 e. The highest BCUT2D eigenvalue weighted by Crippen LogP contribution is 2.28. The summed E-state index contributed by atoms with van der Waals surface area (Å²) < 4.78 is 0.720. The average Bonchev–Trinajstić information content (AvgIpc) is 2.83. The Kier molecular flexibility index (Phi) is 4.56. The van der Waals surface area contributed by atoms with E-state index in [0.29, 0.717) is 18.7 Å². The lowest BCUT2D eigenvalue weighted by atomic mass is 10.1. The molecule has 0 aliphatic heterocycles. The Balaban J connectivity index is 2.10. The molecule has 2 rings (SSSR count). The third-order valence-corrected chi connectivity index (χ3v) is 3.95. The minimum Gasteiger partial charge on any atom is -0.379 e. The smallest absolute Gasteiger partial charge is 0.309 e. The Labute approximate surface area is 124 Å². The predicted octanol–water partition coefficient (Wildman–Crippen LogP) is 3.84. The Morgan fingerprint density at radius 1 is 1.40 bits per heavy atom. The molecule has 102 valence electrons. The van der Waals surface area contributed by atoms with Gasteiger partial charge in [0.25, 0.3) is 0 Å². The van der Waals surface area contributed by atoms with Crippen molar-refractivity contribution in [2.75, 3.05) is 11.9 Å². The summed E-state index contributed by atoms with van der Waals surface area (Å²) in [7, 11) is 0. The maximum atomic E-state index is 11.0. The summed E-state index contributed by atoms with van der Waals surface area (Å²) >= 11 is 7.32. The summed E-state index contributed by atoms with van der Waals surface area (Å²) in [6.07, 6.45) is 0.714. The van der Waals surface area contributed by atoms with Crippen molar-refractivity contribution in [1.29, 1.82) is 5.26 Å². The van der Waals surface area contributed by atoms with Gasteiger partial charge in [-0.1, -0.05) is 17.7 Å². The number of benzene rings is 1. The van der Waals surface area contributed by atoms with Crippen molar-refractivity contribution in [3.05, 3.63) is 55.2 Å². The van der Waals surface area contributed by atoms with Gasteiger partial charge in [0.2, 0.25) is 0 Å². The zero-order valence-corrected chi connectivity index (χ0v) is 11.9. The monoisotopic (exact) mass is 307 g/mol. The fourth-order valence-electron chi connectivity index (χ4n) is 1.78. The molecule has 5 nitrogen and oxygen atoms in total. The second-order valence-electron chi connectivity index (χ2n) is 3.95. The van der Waals surface area contributed by atoms with Crippen molar-refractivity contribution in [2.45, 2.75) is 6.42 Å². The third kappa shape index (κ3) is 3.26. The van der Waals surface area contributed by atoms with E-state index in [0.717, 1.165) is 9.21 Å². The van der Waals surface area contributed by atoms with Crippen LogP contribution in [0.4, 0.5) is 11.4 Å². The van der Waals surface area contributed by atoms with Crippen molar-refractivity contribution in [3.63, 3.8) is 0 Å². The van der Waals surface area contributed by atoms with E-state index < -0.39 is 4.92 Å². The molecule has 0 amide bonds. The Morgan fingerprint density at radius 3 is 2.80 bits per heavy atom. The van der Waals surface area contributed by atoms with Gasteiger partial charge in [-0.25, -0.2) is 0 Å². The van der Waals surface area contributed by atoms with Gasteiger partial charge in [-0.3, -0.25) is 10.1 Å². The Hall–Kier alpha value is -2.10. The molecule has 0 aliphatic carbocycles. The molecule has 0 saturated carbocycles. The first kappa shape index (κ1) is 14.3. The number of nitrogens with one attached hydrogen (secondary N) is 1. The molecule has 1 N–H and O–H groups in total. The zero-order valence-electron chi connectivity index (χ0n) is 10.3.